The van der Waals surface area contributed by atoms with E-state index in [-0.39, 0.29) is 6.04 Å². The highest BCUT2D eigenvalue weighted by molar-refractivity contribution is 5.84. The van der Waals surface area contributed by atoms with Crippen LogP contribution in [0.25, 0.3) is 0 Å². The average Bonchev–Trinajstić information content (AvgIpc) is 3.03. The number of amides is 1. The number of hydrogen-bond acceptors (Lipinski definition) is 2. The molecule has 0 aromatic rings. The summed E-state index contributed by atoms with van der Waals surface area (Å²) in [6.45, 7) is 3.22. The number of carbonyl (C=O) groups excluding carboxylic acids is 1. The minimum atomic E-state index is 0.148. The zero-order chi connectivity index (χ0) is 9.71. The smallest absolute Gasteiger partial charge is 0.240 e. The first-order chi connectivity index (χ1) is 6.75. The van der Waals surface area contributed by atoms with E-state index >= 15 is 0 Å². The van der Waals surface area contributed by atoms with Crippen LogP contribution in [0.2, 0.25) is 0 Å². The van der Waals surface area contributed by atoms with Gasteiger partial charge in [-0.2, -0.15) is 0 Å². The average molecular weight is 194 g/mol. The maximum Gasteiger partial charge on any atom is 0.240 e. The molecule has 1 saturated heterocycles. The van der Waals surface area contributed by atoms with E-state index in [4.69, 9.17) is 0 Å². The van der Waals surface area contributed by atoms with E-state index in [1.807, 2.05) is 0 Å². The van der Waals surface area contributed by atoms with Crippen LogP contribution in [0.5, 0.6) is 0 Å². The van der Waals surface area contributed by atoms with Gasteiger partial charge in [0.15, 0.2) is 0 Å². The molecule has 0 bridgehead atoms. The van der Waals surface area contributed by atoms with Crippen molar-refractivity contribution in [3.8, 4) is 0 Å². The summed E-state index contributed by atoms with van der Waals surface area (Å²) < 4.78 is 0. The van der Waals surface area contributed by atoms with Crippen LogP contribution in [0.3, 0.4) is 0 Å². The van der Waals surface area contributed by atoms with Crippen molar-refractivity contribution in [1.82, 2.24) is 10.2 Å². The number of likely N-dealkylation sites (tertiary alicyclic amines) is 1. The number of rotatable bonds is 3. The highest BCUT2D eigenvalue weighted by atomic mass is 16.2. The second kappa shape index (κ2) is 2.96. The van der Waals surface area contributed by atoms with Gasteiger partial charge in [-0.1, -0.05) is 6.92 Å². The Morgan fingerprint density at radius 3 is 2.64 bits per heavy atom. The molecule has 3 rings (SSSR count). The fourth-order valence-electron chi connectivity index (χ4n) is 2.46. The summed E-state index contributed by atoms with van der Waals surface area (Å²) >= 11 is 0. The van der Waals surface area contributed by atoms with E-state index in [1.165, 1.54) is 19.3 Å². The molecule has 78 valence electrons. The van der Waals surface area contributed by atoms with Gasteiger partial charge in [0.25, 0.3) is 0 Å². The highest BCUT2D eigenvalue weighted by Crippen LogP contribution is 2.37. The molecule has 0 aromatic carbocycles. The summed E-state index contributed by atoms with van der Waals surface area (Å²) in [6, 6.07) is 1.38. The summed E-state index contributed by atoms with van der Waals surface area (Å²) in [5.41, 5.74) is 0. The highest BCUT2D eigenvalue weighted by Gasteiger charge is 2.46. The lowest BCUT2D eigenvalue weighted by atomic mass is 10.2. The van der Waals surface area contributed by atoms with Crippen LogP contribution in [0.15, 0.2) is 0 Å². The lowest BCUT2D eigenvalue weighted by Crippen LogP contribution is -2.40. The Morgan fingerprint density at radius 2 is 2.07 bits per heavy atom. The Bertz CT molecular complexity index is 262. The standard InChI is InChI=1S/C11H18N2O/c1-7-6-10(7)13-5-4-9(11(13)14)12-8-2-3-8/h7-10,12H,2-6H2,1H3. The van der Waals surface area contributed by atoms with Gasteiger partial charge in [-0.15, -0.1) is 0 Å². The van der Waals surface area contributed by atoms with E-state index in [9.17, 15) is 4.79 Å². The maximum atomic E-state index is 12.0. The first-order valence-electron chi connectivity index (χ1n) is 5.82. The third-order valence-corrected chi connectivity index (χ3v) is 3.72. The number of carbonyl (C=O) groups is 1. The first kappa shape index (κ1) is 8.72. The molecule has 0 aromatic heterocycles. The number of nitrogens with zero attached hydrogens (tertiary/aromatic N) is 1. The molecule has 0 spiro atoms. The summed E-state index contributed by atoms with van der Waals surface area (Å²) in [7, 11) is 0. The van der Waals surface area contributed by atoms with Crippen molar-refractivity contribution in [3.63, 3.8) is 0 Å². The summed E-state index contributed by atoms with van der Waals surface area (Å²) in [6.07, 6.45) is 4.79. The molecule has 2 saturated carbocycles. The molecule has 3 fully saturated rings. The number of hydrogen-bond donors (Lipinski definition) is 1. The summed E-state index contributed by atoms with van der Waals surface area (Å²) in [4.78, 5) is 14.1. The first-order valence-corrected chi connectivity index (χ1v) is 5.82. The molecule has 1 N–H and O–H groups in total. The van der Waals surface area contributed by atoms with E-state index in [2.05, 4.69) is 17.1 Å². The van der Waals surface area contributed by atoms with Crippen molar-refractivity contribution in [3.05, 3.63) is 0 Å². The Morgan fingerprint density at radius 1 is 1.36 bits per heavy atom. The quantitative estimate of drug-likeness (QED) is 0.719. The van der Waals surface area contributed by atoms with Gasteiger partial charge in [0.2, 0.25) is 5.91 Å². The van der Waals surface area contributed by atoms with Gasteiger partial charge in [-0.05, 0) is 31.6 Å². The monoisotopic (exact) mass is 194 g/mol. The zero-order valence-corrected chi connectivity index (χ0v) is 8.70. The van der Waals surface area contributed by atoms with Gasteiger partial charge < -0.3 is 10.2 Å². The Balaban J connectivity index is 1.59. The molecule has 3 unspecified atom stereocenters. The molecule has 1 amide bonds. The molecule has 3 nitrogen and oxygen atoms in total. The van der Waals surface area contributed by atoms with E-state index < -0.39 is 0 Å². The van der Waals surface area contributed by atoms with Crippen LogP contribution < -0.4 is 5.32 Å². The molecule has 3 aliphatic rings. The molecular formula is C11H18N2O. The topological polar surface area (TPSA) is 32.3 Å². The molecule has 1 heterocycles. The molecule has 2 aliphatic carbocycles. The molecule has 14 heavy (non-hydrogen) atoms. The van der Waals surface area contributed by atoms with Gasteiger partial charge in [0.1, 0.15) is 0 Å². The normalized spacial score (nSPS) is 41.9. The Hall–Kier alpha value is -0.570. The SMILES string of the molecule is CC1CC1N1CCC(NC2CC2)C1=O. The summed E-state index contributed by atoms with van der Waals surface area (Å²) in [5.74, 6) is 1.12. The Kier molecular flexibility index (Phi) is 1.84. The van der Waals surface area contributed by atoms with Gasteiger partial charge >= 0.3 is 0 Å². The Labute approximate surface area is 84.8 Å². The second-order valence-corrected chi connectivity index (χ2v) is 5.09. The van der Waals surface area contributed by atoms with Gasteiger partial charge in [0, 0.05) is 18.6 Å². The van der Waals surface area contributed by atoms with Gasteiger partial charge in [-0.3, -0.25) is 4.79 Å². The second-order valence-electron chi connectivity index (χ2n) is 5.09. The molecule has 0 radical (unpaired) electrons. The predicted molar refractivity (Wildman–Crippen MR) is 53.8 cm³/mol. The largest absolute Gasteiger partial charge is 0.338 e. The van der Waals surface area contributed by atoms with E-state index in [1.54, 1.807) is 0 Å². The van der Waals surface area contributed by atoms with Crippen LogP contribution in [0.1, 0.15) is 32.6 Å². The maximum absolute atomic E-state index is 12.0. The van der Waals surface area contributed by atoms with Gasteiger partial charge in [0.05, 0.1) is 6.04 Å². The van der Waals surface area contributed by atoms with Crippen LogP contribution in [0, 0.1) is 5.92 Å². The van der Waals surface area contributed by atoms with Crippen molar-refractivity contribution < 1.29 is 4.79 Å². The molecule has 3 atom stereocenters. The molecular weight excluding hydrogens is 176 g/mol. The van der Waals surface area contributed by atoms with E-state index in [0.717, 1.165) is 18.9 Å². The lowest BCUT2D eigenvalue weighted by molar-refractivity contribution is -0.130. The molecule has 3 heteroatoms. The number of nitrogens with one attached hydrogen (secondary N) is 1. The van der Waals surface area contributed by atoms with Crippen molar-refractivity contribution >= 4 is 5.91 Å². The minimum absolute atomic E-state index is 0.148. The van der Waals surface area contributed by atoms with Crippen LogP contribution in [-0.2, 0) is 4.79 Å². The predicted octanol–water partition coefficient (Wildman–Crippen LogP) is 0.748. The van der Waals surface area contributed by atoms with Crippen molar-refractivity contribution in [2.45, 2.75) is 50.7 Å². The minimum Gasteiger partial charge on any atom is -0.338 e. The zero-order valence-electron chi connectivity index (χ0n) is 8.70. The van der Waals surface area contributed by atoms with Crippen molar-refractivity contribution in [1.29, 1.82) is 0 Å². The third kappa shape index (κ3) is 1.44. The van der Waals surface area contributed by atoms with E-state index in [0.29, 0.717) is 18.0 Å². The third-order valence-electron chi connectivity index (χ3n) is 3.72. The van der Waals surface area contributed by atoms with Crippen molar-refractivity contribution in [2.75, 3.05) is 6.54 Å². The molecule has 1 aliphatic heterocycles. The summed E-state index contributed by atoms with van der Waals surface area (Å²) in [5, 5.41) is 3.44. The van der Waals surface area contributed by atoms with Crippen LogP contribution in [-0.4, -0.2) is 35.5 Å². The fraction of sp³-hybridized carbons (Fsp3) is 0.909. The fourth-order valence-corrected chi connectivity index (χ4v) is 2.46. The lowest BCUT2D eigenvalue weighted by Gasteiger charge is -2.16. The van der Waals surface area contributed by atoms with Gasteiger partial charge in [-0.25, -0.2) is 0 Å². The van der Waals surface area contributed by atoms with Crippen molar-refractivity contribution in [2.24, 2.45) is 5.92 Å². The van der Waals surface area contributed by atoms with Crippen LogP contribution in [0.4, 0.5) is 0 Å². The van der Waals surface area contributed by atoms with Crippen LogP contribution >= 0.6 is 0 Å².